The zero-order valence-corrected chi connectivity index (χ0v) is 12.1. The van der Waals surface area contributed by atoms with Gasteiger partial charge in [-0.2, -0.15) is 0 Å². The maximum atomic E-state index is 13.7. The average molecular weight is 265 g/mol. The number of benzene rings is 1. The van der Waals surface area contributed by atoms with Crippen LogP contribution < -0.4 is 4.90 Å². The summed E-state index contributed by atoms with van der Waals surface area (Å²) in [6.07, 6.45) is 4.66. The van der Waals surface area contributed by atoms with Gasteiger partial charge in [-0.15, -0.1) is 0 Å². The van der Waals surface area contributed by atoms with Gasteiger partial charge in [0.15, 0.2) is 0 Å². The summed E-state index contributed by atoms with van der Waals surface area (Å²) in [5, 5.41) is 9.36. The smallest absolute Gasteiger partial charge is 0.130 e. The Kier molecular flexibility index (Phi) is 4.14. The molecule has 1 saturated carbocycles. The van der Waals surface area contributed by atoms with Gasteiger partial charge in [0, 0.05) is 24.3 Å². The quantitative estimate of drug-likeness (QED) is 0.900. The Morgan fingerprint density at radius 1 is 1.32 bits per heavy atom. The maximum absolute atomic E-state index is 13.7. The molecule has 0 aliphatic heterocycles. The van der Waals surface area contributed by atoms with Gasteiger partial charge in [0.25, 0.3) is 0 Å². The van der Waals surface area contributed by atoms with Gasteiger partial charge >= 0.3 is 0 Å². The predicted octanol–water partition coefficient (Wildman–Crippen LogP) is 3.72. The summed E-state index contributed by atoms with van der Waals surface area (Å²) in [6.45, 7) is 4.37. The van der Waals surface area contributed by atoms with E-state index >= 15 is 0 Å². The summed E-state index contributed by atoms with van der Waals surface area (Å²) < 4.78 is 13.7. The topological polar surface area (TPSA) is 23.5 Å². The number of halogens is 1. The van der Waals surface area contributed by atoms with E-state index < -0.39 is 0 Å². The van der Waals surface area contributed by atoms with Crippen molar-refractivity contribution in [2.45, 2.75) is 52.2 Å². The highest BCUT2D eigenvalue weighted by Crippen LogP contribution is 2.38. The highest BCUT2D eigenvalue weighted by atomic mass is 19.1. The Labute approximate surface area is 115 Å². The molecule has 1 aromatic carbocycles. The molecule has 0 aromatic heterocycles. The fourth-order valence-corrected chi connectivity index (χ4v) is 3.00. The number of anilines is 1. The monoisotopic (exact) mass is 265 g/mol. The van der Waals surface area contributed by atoms with Crippen LogP contribution in [0, 0.1) is 11.2 Å². The van der Waals surface area contributed by atoms with Crippen LogP contribution >= 0.6 is 0 Å². The molecule has 0 heterocycles. The van der Waals surface area contributed by atoms with Crippen LogP contribution in [0.4, 0.5) is 10.1 Å². The molecule has 19 heavy (non-hydrogen) atoms. The number of hydrogen-bond acceptors (Lipinski definition) is 2. The van der Waals surface area contributed by atoms with Crippen LogP contribution in [0.25, 0.3) is 0 Å². The van der Waals surface area contributed by atoms with E-state index in [-0.39, 0.29) is 12.4 Å². The summed E-state index contributed by atoms with van der Waals surface area (Å²) in [4.78, 5) is 2.14. The zero-order valence-electron chi connectivity index (χ0n) is 12.1. The molecular weight excluding hydrogens is 241 g/mol. The summed E-state index contributed by atoms with van der Waals surface area (Å²) >= 11 is 0. The van der Waals surface area contributed by atoms with Crippen molar-refractivity contribution in [1.29, 1.82) is 0 Å². The fourth-order valence-electron chi connectivity index (χ4n) is 3.00. The van der Waals surface area contributed by atoms with Crippen molar-refractivity contribution in [2.24, 2.45) is 5.41 Å². The van der Waals surface area contributed by atoms with E-state index in [0.717, 1.165) is 18.5 Å². The van der Waals surface area contributed by atoms with Crippen LogP contribution in [-0.2, 0) is 6.61 Å². The molecule has 0 unspecified atom stereocenters. The van der Waals surface area contributed by atoms with Crippen LogP contribution in [0.1, 0.15) is 45.1 Å². The minimum absolute atomic E-state index is 0.245. The molecule has 1 N–H and O–H groups in total. The van der Waals surface area contributed by atoms with Crippen molar-refractivity contribution in [3.8, 4) is 0 Å². The molecule has 1 aliphatic rings. The number of aliphatic hydroxyl groups is 1. The SMILES string of the molecule is CN(c1cccc(F)c1CO)C1CCC(C)(C)CC1. The third kappa shape index (κ3) is 3.08. The van der Waals surface area contributed by atoms with E-state index in [2.05, 4.69) is 18.7 Å². The lowest BCUT2D eigenvalue weighted by atomic mass is 9.75. The molecule has 1 aromatic rings. The van der Waals surface area contributed by atoms with E-state index in [0.29, 0.717) is 17.0 Å². The van der Waals surface area contributed by atoms with E-state index in [9.17, 15) is 9.50 Å². The molecule has 2 nitrogen and oxygen atoms in total. The zero-order chi connectivity index (χ0) is 14.0. The van der Waals surface area contributed by atoms with Gasteiger partial charge in [-0.25, -0.2) is 4.39 Å². The molecule has 0 radical (unpaired) electrons. The maximum Gasteiger partial charge on any atom is 0.130 e. The summed E-state index contributed by atoms with van der Waals surface area (Å²) in [5.41, 5.74) is 1.67. The first-order chi connectivity index (χ1) is 8.94. The van der Waals surface area contributed by atoms with Crippen LogP contribution in [-0.4, -0.2) is 18.2 Å². The number of rotatable bonds is 3. The molecular formula is C16H24FNO. The van der Waals surface area contributed by atoms with E-state index in [1.165, 1.54) is 18.9 Å². The molecule has 0 amide bonds. The van der Waals surface area contributed by atoms with Crippen molar-refractivity contribution < 1.29 is 9.50 Å². The molecule has 2 rings (SSSR count). The van der Waals surface area contributed by atoms with Crippen LogP contribution in [0.5, 0.6) is 0 Å². The lowest BCUT2D eigenvalue weighted by Gasteiger charge is -2.40. The van der Waals surface area contributed by atoms with Crippen molar-refractivity contribution >= 4 is 5.69 Å². The molecule has 106 valence electrons. The highest BCUT2D eigenvalue weighted by molar-refractivity contribution is 5.54. The minimum Gasteiger partial charge on any atom is -0.391 e. The summed E-state index contributed by atoms with van der Waals surface area (Å²) in [7, 11) is 2.01. The van der Waals surface area contributed by atoms with E-state index in [4.69, 9.17) is 0 Å². The normalized spacial score (nSPS) is 19.4. The lowest BCUT2D eigenvalue weighted by Crippen LogP contribution is -2.37. The van der Waals surface area contributed by atoms with Crippen molar-refractivity contribution in [2.75, 3.05) is 11.9 Å². The summed E-state index contributed by atoms with van der Waals surface area (Å²) in [5.74, 6) is -0.317. The Morgan fingerprint density at radius 2 is 1.95 bits per heavy atom. The molecule has 0 atom stereocenters. The van der Waals surface area contributed by atoms with Crippen molar-refractivity contribution in [1.82, 2.24) is 0 Å². The number of aliphatic hydroxyl groups excluding tert-OH is 1. The van der Waals surface area contributed by atoms with Gasteiger partial charge < -0.3 is 10.0 Å². The molecule has 0 bridgehead atoms. The van der Waals surface area contributed by atoms with Gasteiger partial charge in [-0.05, 0) is 43.2 Å². The third-order valence-corrected chi connectivity index (χ3v) is 4.49. The molecule has 0 saturated heterocycles. The molecule has 3 heteroatoms. The first kappa shape index (κ1) is 14.3. The lowest BCUT2D eigenvalue weighted by molar-refractivity contribution is 0.222. The Balaban J connectivity index is 2.16. The van der Waals surface area contributed by atoms with Crippen LogP contribution in [0.3, 0.4) is 0 Å². The van der Waals surface area contributed by atoms with Gasteiger partial charge in [0.1, 0.15) is 5.82 Å². The first-order valence-electron chi connectivity index (χ1n) is 7.06. The molecule has 0 spiro atoms. The third-order valence-electron chi connectivity index (χ3n) is 4.49. The van der Waals surface area contributed by atoms with Crippen LogP contribution in [0.15, 0.2) is 18.2 Å². The second-order valence-corrected chi connectivity index (χ2v) is 6.40. The largest absolute Gasteiger partial charge is 0.391 e. The Hall–Kier alpha value is -1.09. The predicted molar refractivity (Wildman–Crippen MR) is 76.8 cm³/mol. The Morgan fingerprint density at radius 3 is 2.53 bits per heavy atom. The van der Waals surface area contributed by atoms with Crippen molar-refractivity contribution in [3.05, 3.63) is 29.6 Å². The van der Waals surface area contributed by atoms with E-state index in [1.807, 2.05) is 13.1 Å². The van der Waals surface area contributed by atoms with Gasteiger partial charge in [-0.1, -0.05) is 19.9 Å². The Bertz CT molecular complexity index is 434. The second kappa shape index (κ2) is 5.49. The summed E-state index contributed by atoms with van der Waals surface area (Å²) in [6, 6.07) is 5.47. The molecule has 1 fully saturated rings. The number of nitrogens with zero attached hydrogens (tertiary/aromatic N) is 1. The first-order valence-corrected chi connectivity index (χ1v) is 7.06. The van der Waals surface area contributed by atoms with Gasteiger partial charge in [-0.3, -0.25) is 0 Å². The standard InChI is InChI=1S/C16H24FNO/c1-16(2)9-7-12(8-10-16)18(3)15-6-4-5-14(17)13(15)11-19/h4-6,12,19H,7-11H2,1-3H3. The van der Waals surface area contributed by atoms with Crippen LogP contribution in [0.2, 0.25) is 0 Å². The number of hydrogen-bond donors (Lipinski definition) is 1. The van der Waals surface area contributed by atoms with Crippen molar-refractivity contribution in [3.63, 3.8) is 0 Å². The highest BCUT2D eigenvalue weighted by Gasteiger charge is 2.29. The van der Waals surface area contributed by atoms with Gasteiger partial charge in [0.2, 0.25) is 0 Å². The second-order valence-electron chi connectivity index (χ2n) is 6.40. The fraction of sp³-hybridized carbons (Fsp3) is 0.625. The molecule has 1 aliphatic carbocycles. The minimum atomic E-state index is -0.317. The average Bonchev–Trinajstić information content (AvgIpc) is 2.37. The van der Waals surface area contributed by atoms with E-state index in [1.54, 1.807) is 6.07 Å². The van der Waals surface area contributed by atoms with Gasteiger partial charge in [0.05, 0.1) is 6.61 Å².